The minimum Gasteiger partial charge on any atom is -0.274 e. The lowest BCUT2D eigenvalue weighted by atomic mass is 9.85. The van der Waals surface area contributed by atoms with Gasteiger partial charge >= 0.3 is 0 Å². The highest BCUT2D eigenvalue weighted by molar-refractivity contribution is 9.10. The van der Waals surface area contributed by atoms with Gasteiger partial charge < -0.3 is 0 Å². The Hall–Kier alpha value is -1.42. The molecular formula is C15H14BrNO2. The zero-order valence-electron chi connectivity index (χ0n) is 10.6. The van der Waals surface area contributed by atoms with E-state index in [1.807, 2.05) is 37.3 Å². The van der Waals surface area contributed by atoms with Crippen molar-refractivity contribution in [2.24, 2.45) is 11.8 Å². The highest BCUT2D eigenvalue weighted by Gasteiger charge is 2.48. The third kappa shape index (κ3) is 1.94. The number of rotatable bonds is 1. The standard InChI is InChI=1S/C15H14BrNO2/c1-9-8-10(16)6-7-13(9)17-14(18)11-4-2-3-5-12(11)15(17)19/h2-3,6-8,11-12H,4-5H2,1H3. The number of aryl methyl sites for hydroxylation is 1. The van der Waals surface area contributed by atoms with Gasteiger partial charge in [0.15, 0.2) is 0 Å². The number of hydrogen-bond acceptors (Lipinski definition) is 2. The molecule has 1 aliphatic heterocycles. The second kappa shape index (κ2) is 4.60. The molecule has 1 aromatic carbocycles. The Morgan fingerprint density at radius 3 is 2.21 bits per heavy atom. The van der Waals surface area contributed by atoms with Crippen LogP contribution in [0.1, 0.15) is 18.4 Å². The number of allylic oxidation sites excluding steroid dienone is 2. The maximum atomic E-state index is 12.4. The molecule has 3 nitrogen and oxygen atoms in total. The lowest BCUT2D eigenvalue weighted by molar-refractivity contribution is -0.122. The van der Waals surface area contributed by atoms with E-state index >= 15 is 0 Å². The average molecular weight is 320 g/mol. The zero-order chi connectivity index (χ0) is 13.6. The molecule has 1 aromatic rings. The van der Waals surface area contributed by atoms with Gasteiger partial charge in [-0.25, -0.2) is 4.90 Å². The number of nitrogens with zero attached hydrogens (tertiary/aromatic N) is 1. The minimum atomic E-state index is -0.166. The summed E-state index contributed by atoms with van der Waals surface area (Å²) in [5.74, 6) is -0.435. The topological polar surface area (TPSA) is 37.4 Å². The van der Waals surface area contributed by atoms with Crippen molar-refractivity contribution in [1.29, 1.82) is 0 Å². The van der Waals surface area contributed by atoms with Gasteiger partial charge in [-0.3, -0.25) is 9.59 Å². The summed E-state index contributed by atoms with van der Waals surface area (Å²) in [7, 11) is 0. The normalized spacial score (nSPS) is 25.9. The summed E-state index contributed by atoms with van der Waals surface area (Å²) in [6.07, 6.45) is 5.37. The summed E-state index contributed by atoms with van der Waals surface area (Å²) in [6.45, 7) is 1.92. The smallest absolute Gasteiger partial charge is 0.238 e. The van der Waals surface area contributed by atoms with Crippen LogP contribution in [-0.2, 0) is 9.59 Å². The second-order valence-electron chi connectivity index (χ2n) is 5.10. The van der Waals surface area contributed by atoms with E-state index in [2.05, 4.69) is 15.9 Å². The maximum Gasteiger partial charge on any atom is 0.238 e. The lowest BCUT2D eigenvalue weighted by Crippen LogP contribution is -2.31. The Labute approximate surface area is 120 Å². The Morgan fingerprint density at radius 2 is 1.68 bits per heavy atom. The van der Waals surface area contributed by atoms with Gasteiger partial charge in [-0.1, -0.05) is 28.1 Å². The third-order valence-electron chi connectivity index (χ3n) is 3.91. The molecule has 2 unspecified atom stereocenters. The first-order valence-corrected chi connectivity index (χ1v) is 7.18. The van der Waals surface area contributed by atoms with Gasteiger partial charge in [-0.15, -0.1) is 0 Å². The fraction of sp³-hybridized carbons (Fsp3) is 0.333. The maximum absolute atomic E-state index is 12.4. The van der Waals surface area contributed by atoms with E-state index in [1.54, 1.807) is 0 Å². The largest absolute Gasteiger partial charge is 0.274 e. The number of hydrogen-bond donors (Lipinski definition) is 0. The van der Waals surface area contributed by atoms with Gasteiger partial charge in [0.2, 0.25) is 11.8 Å². The van der Waals surface area contributed by atoms with Crippen molar-refractivity contribution in [1.82, 2.24) is 0 Å². The van der Waals surface area contributed by atoms with Crippen LogP contribution in [0.2, 0.25) is 0 Å². The molecule has 0 aromatic heterocycles. The molecule has 1 aliphatic carbocycles. The van der Waals surface area contributed by atoms with E-state index in [4.69, 9.17) is 0 Å². The van der Waals surface area contributed by atoms with Crippen LogP contribution in [0.4, 0.5) is 5.69 Å². The first-order valence-electron chi connectivity index (χ1n) is 6.38. The molecule has 1 fully saturated rings. The van der Waals surface area contributed by atoms with Crippen LogP contribution < -0.4 is 4.90 Å². The predicted octanol–water partition coefficient (Wildman–Crippen LogP) is 3.21. The van der Waals surface area contributed by atoms with Crippen LogP contribution in [0.5, 0.6) is 0 Å². The highest BCUT2D eigenvalue weighted by atomic mass is 79.9. The van der Waals surface area contributed by atoms with Crippen molar-refractivity contribution < 1.29 is 9.59 Å². The van der Waals surface area contributed by atoms with Gasteiger partial charge in [0.25, 0.3) is 0 Å². The lowest BCUT2D eigenvalue weighted by Gasteiger charge is -2.17. The van der Waals surface area contributed by atoms with E-state index in [9.17, 15) is 9.59 Å². The fourth-order valence-corrected chi connectivity index (χ4v) is 3.38. The molecule has 0 N–H and O–H groups in total. The molecule has 1 saturated heterocycles. The molecule has 1 heterocycles. The van der Waals surface area contributed by atoms with Crippen molar-refractivity contribution in [2.75, 3.05) is 4.90 Å². The predicted molar refractivity (Wildman–Crippen MR) is 76.7 cm³/mol. The van der Waals surface area contributed by atoms with Crippen molar-refractivity contribution in [2.45, 2.75) is 19.8 Å². The van der Waals surface area contributed by atoms with Crippen LogP contribution in [0.25, 0.3) is 0 Å². The molecule has 98 valence electrons. The number of anilines is 1. The van der Waals surface area contributed by atoms with Crippen molar-refractivity contribution >= 4 is 33.4 Å². The van der Waals surface area contributed by atoms with Gasteiger partial charge in [-0.05, 0) is 43.5 Å². The van der Waals surface area contributed by atoms with E-state index < -0.39 is 0 Å². The van der Waals surface area contributed by atoms with Gasteiger partial charge in [0.1, 0.15) is 0 Å². The minimum absolute atomic E-state index is 0.0511. The first-order chi connectivity index (χ1) is 9.09. The van der Waals surface area contributed by atoms with Crippen molar-refractivity contribution in [3.05, 3.63) is 40.4 Å². The van der Waals surface area contributed by atoms with E-state index in [-0.39, 0.29) is 23.7 Å². The monoisotopic (exact) mass is 319 g/mol. The summed E-state index contributed by atoms with van der Waals surface area (Å²) in [6, 6.07) is 5.62. The Morgan fingerprint density at radius 1 is 1.11 bits per heavy atom. The van der Waals surface area contributed by atoms with Crippen molar-refractivity contribution in [3.8, 4) is 0 Å². The quantitative estimate of drug-likeness (QED) is 0.588. The fourth-order valence-electron chi connectivity index (χ4n) is 2.91. The van der Waals surface area contributed by atoms with Crippen LogP contribution >= 0.6 is 15.9 Å². The van der Waals surface area contributed by atoms with Crippen LogP contribution in [0.3, 0.4) is 0 Å². The molecule has 2 aliphatic rings. The summed E-state index contributed by atoms with van der Waals surface area (Å²) in [5.41, 5.74) is 1.65. The number of carbonyl (C=O) groups excluding carboxylic acids is 2. The first kappa shape index (κ1) is 12.6. The third-order valence-corrected chi connectivity index (χ3v) is 4.40. The summed E-state index contributed by atoms with van der Waals surface area (Å²) < 4.78 is 0.951. The van der Waals surface area contributed by atoms with E-state index in [1.165, 1.54) is 4.90 Å². The number of benzene rings is 1. The van der Waals surface area contributed by atoms with Crippen LogP contribution in [0, 0.1) is 18.8 Å². The summed E-state index contributed by atoms with van der Waals surface area (Å²) in [4.78, 5) is 26.3. The van der Waals surface area contributed by atoms with Crippen LogP contribution in [0.15, 0.2) is 34.8 Å². The van der Waals surface area contributed by atoms with E-state index in [0.717, 1.165) is 10.0 Å². The molecular weight excluding hydrogens is 306 g/mol. The summed E-state index contributed by atoms with van der Waals surface area (Å²) >= 11 is 3.40. The van der Waals surface area contributed by atoms with E-state index in [0.29, 0.717) is 18.5 Å². The molecule has 3 rings (SSSR count). The number of amides is 2. The molecule has 19 heavy (non-hydrogen) atoms. The Kier molecular flexibility index (Phi) is 3.05. The Balaban J connectivity index is 2.02. The number of imide groups is 1. The second-order valence-corrected chi connectivity index (χ2v) is 6.01. The molecule has 0 radical (unpaired) electrons. The average Bonchev–Trinajstić information content (AvgIpc) is 2.64. The van der Waals surface area contributed by atoms with Crippen molar-refractivity contribution in [3.63, 3.8) is 0 Å². The zero-order valence-corrected chi connectivity index (χ0v) is 12.2. The Bertz CT molecular complexity index is 568. The summed E-state index contributed by atoms with van der Waals surface area (Å²) in [5, 5.41) is 0. The molecule has 4 heteroatoms. The van der Waals surface area contributed by atoms with Gasteiger partial charge in [0, 0.05) is 4.47 Å². The molecule has 2 atom stereocenters. The molecule has 0 spiro atoms. The number of halogens is 1. The molecule has 2 amide bonds. The SMILES string of the molecule is Cc1cc(Br)ccc1N1C(=O)C2CC=CCC2C1=O. The molecule has 0 bridgehead atoms. The van der Waals surface area contributed by atoms with Gasteiger partial charge in [0.05, 0.1) is 17.5 Å². The van der Waals surface area contributed by atoms with Crippen LogP contribution in [-0.4, -0.2) is 11.8 Å². The number of fused-ring (bicyclic) bond motifs is 1. The van der Waals surface area contributed by atoms with Gasteiger partial charge in [-0.2, -0.15) is 0 Å². The molecule has 0 saturated carbocycles. The highest BCUT2D eigenvalue weighted by Crippen LogP contribution is 2.38. The number of carbonyl (C=O) groups is 2.